The van der Waals surface area contributed by atoms with Crippen LogP contribution in [0.2, 0.25) is 0 Å². The molecule has 0 saturated carbocycles. The van der Waals surface area contributed by atoms with Gasteiger partial charge in [-0.2, -0.15) is 12.6 Å². The Labute approximate surface area is 193 Å². The Morgan fingerprint density at radius 3 is 2.21 bits per heavy atom. The van der Waals surface area contributed by atoms with E-state index in [1.165, 1.54) is 0 Å². The second-order valence-corrected chi connectivity index (χ2v) is 7.49. The quantitative estimate of drug-likeness (QED) is 0.170. The number of aromatic amines is 1. The lowest BCUT2D eigenvalue weighted by Crippen LogP contribution is -2.57. The summed E-state index contributed by atoms with van der Waals surface area (Å²) in [5.41, 5.74) is 6.85. The van der Waals surface area contributed by atoms with E-state index in [4.69, 9.17) is 15.9 Å². The Balaban J connectivity index is 2.24. The second-order valence-electron chi connectivity index (χ2n) is 7.13. The molecule has 2 rings (SSSR count). The SMILES string of the molecule is NCC(=O)NC(Cc1c[nH]c2ccccc12)C(=O)NC(CC(=O)O)C(=O)NC(CS)C(=O)O. The zero-order valence-electron chi connectivity index (χ0n) is 17.4. The maximum Gasteiger partial charge on any atom is 0.327 e. The van der Waals surface area contributed by atoms with Crippen LogP contribution in [-0.4, -0.2) is 75.3 Å². The number of H-pyrrole nitrogens is 1. The predicted molar refractivity (Wildman–Crippen MR) is 121 cm³/mol. The molecule has 178 valence electrons. The average Bonchev–Trinajstić information content (AvgIpc) is 3.18. The summed E-state index contributed by atoms with van der Waals surface area (Å²) in [5, 5.41) is 25.9. The smallest absolute Gasteiger partial charge is 0.327 e. The Kier molecular flexibility index (Phi) is 9.24. The zero-order valence-corrected chi connectivity index (χ0v) is 18.3. The summed E-state index contributed by atoms with van der Waals surface area (Å²) >= 11 is 3.84. The van der Waals surface area contributed by atoms with Crippen LogP contribution in [0.25, 0.3) is 10.9 Å². The van der Waals surface area contributed by atoms with Crippen molar-refractivity contribution in [3.63, 3.8) is 0 Å². The molecule has 0 aliphatic rings. The van der Waals surface area contributed by atoms with Crippen molar-refractivity contribution < 1.29 is 34.2 Å². The summed E-state index contributed by atoms with van der Waals surface area (Å²) in [6.45, 7) is -0.390. The van der Waals surface area contributed by atoms with Crippen molar-refractivity contribution in [2.24, 2.45) is 5.73 Å². The number of hydrogen-bond acceptors (Lipinski definition) is 7. The molecule has 13 heteroatoms. The minimum absolute atomic E-state index is 0.0252. The molecule has 0 aliphatic carbocycles. The number of thiol groups is 1. The third-order valence-electron chi connectivity index (χ3n) is 4.74. The van der Waals surface area contributed by atoms with Crippen molar-refractivity contribution >= 4 is 53.2 Å². The highest BCUT2D eigenvalue weighted by atomic mass is 32.1. The molecular weight excluding hydrogens is 454 g/mol. The lowest BCUT2D eigenvalue weighted by molar-refractivity contribution is -0.143. The number of carboxylic acids is 2. The minimum atomic E-state index is -1.59. The number of para-hydroxylation sites is 1. The summed E-state index contributed by atoms with van der Waals surface area (Å²) in [4.78, 5) is 62.8. The molecule has 3 atom stereocenters. The number of nitrogens with two attached hydrogens (primary N) is 1. The molecule has 8 N–H and O–H groups in total. The molecule has 0 bridgehead atoms. The van der Waals surface area contributed by atoms with Gasteiger partial charge in [0.25, 0.3) is 0 Å². The molecule has 3 amide bonds. The third kappa shape index (κ3) is 7.22. The van der Waals surface area contributed by atoms with E-state index in [2.05, 4.69) is 33.6 Å². The first kappa shape index (κ1) is 25.7. The summed E-state index contributed by atoms with van der Waals surface area (Å²) < 4.78 is 0. The number of fused-ring (bicyclic) bond motifs is 1. The minimum Gasteiger partial charge on any atom is -0.481 e. The van der Waals surface area contributed by atoms with Crippen LogP contribution in [0.5, 0.6) is 0 Å². The zero-order chi connectivity index (χ0) is 24.5. The van der Waals surface area contributed by atoms with Gasteiger partial charge < -0.3 is 36.9 Å². The van der Waals surface area contributed by atoms with Gasteiger partial charge >= 0.3 is 11.9 Å². The van der Waals surface area contributed by atoms with E-state index in [-0.39, 0.29) is 18.7 Å². The number of nitrogens with one attached hydrogen (secondary N) is 4. The van der Waals surface area contributed by atoms with Crippen LogP contribution >= 0.6 is 12.6 Å². The van der Waals surface area contributed by atoms with E-state index >= 15 is 0 Å². The van der Waals surface area contributed by atoms with Crippen LogP contribution in [0.4, 0.5) is 0 Å². The molecule has 0 fully saturated rings. The largest absolute Gasteiger partial charge is 0.481 e. The Bertz CT molecular complexity index is 1040. The molecule has 33 heavy (non-hydrogen) atoms. The number of carbonyl (C=O) groups is 5. The van der Waals surface area contributed by atoms with Crippen LogP contribution in [0, 0.1) is 0 Å². The highest BCUT2D eigenvalue weighted by Crippen LogP contribution is 2.19. The van der Waals surface area contributed by atoms with Gasteiger partial charge in [-0.1, -0.05) is 18.2 Å². The van der Waals surface area contributed by atoms with Crippen LogP contribution in [0.1, 0.15) is 12.0 Å². The van der Waals surface area contributed by atoms with E-state index in [0.29, 0.717) is 5.56 Å². The first-order chi connectivity index (χ1) is 15.7. The van der Waals surface area contributed by atoms with Gasteiger partial charge in [0.1, 0.15) is 18.1 Å². The molecule has 2 aromatic rings. The highest BCUT2D eigenvalue weighted by molar-refractivity contribution is 7.80. The normalized spacial score (nSPS) is 13.5. The number of aliphatic carboxylic acids is 2. The lowest BCUT2D eigenvalue weighted by atomic mass is 10.0. The van der Waals surface area contributed by atoms with Gasteiger partial charge in [0, 0.05) is 29.3 Å². The maximum absolute atomic E-state index is 13.0. The number of benzene rings is 1. The average molecular weight is 480 g/mol. The van der Waals surface area contributed by atoms with Gasteiger partial charge in [0.2, 0.25) is 17.7 Å². The number of carboxylic acid groups (broad SMARTS) is 2. The molecule has 0 radical (unpaired) electrons. The van der Waals surface area contributed by atoms with Gasteiger partial charge in [-0.05, 0) is 11.6 Å². The number of hydrogen-bond donors (Lipinski definition) is 8. The van der Waals surface area contributed by atoms with Crippen molar-refractivity contribution in [3.05, 3.63) is 36.0 Å². The third-order valence-corrected chi connectivity index (χ3v) is 5.11. The number of rotatable bonds is 12. The van der Waals surface area contributed by atoms with Gasteiger partial charge in [0.15, 0.2) is 0 Å². The number of aromatic nitrogens is 1. The van der Waals surface area contributed by atoms with Gasteiger partial charge in [-0.15, -0.1) is 0 Å². The Morgan fingerprint density at radius 2 is 1.61 bits per heavy atom. The van der Waals surface area contributed by atoms with Crippen LogP contribution < -0.4 is 21.7 Å². The van der Waals surface area contributed by atoms with Crippen molar-refractivity contribution in [2.45, 2.75) is 31.0 Å². The highest BCUT2D eigenvalue weighted by Gasteiger charge is 2.31. The number of amides is 3. The van der Waals surface area contributed by atoms with E-state index < -0.39 is 54.2 Å². The molecule has 1 heterocycles. The van der Waals surface area contributed by atoms with Gasteiger partial charge in [-0.25, -0.2) is 4.79 Å². The molecular formula is C20H25N5O7S. The van der Waals surface area contributed by atoms with Crippen LogP contribution in [0.15, 0.2) is 30.5 Å². The standard InChI is InChI=1S/C20H25N5O7S/c21-7-16(26)23-13(5-10-8-22-12-4-2-1-3-11(10)12)18(29)24-14(6-17(27)28)19(30)25-15(9-33)20(31)32/h1-4,8,13-15,22,33H,5-7,9,21H2,(H,23,26)(H,24,29)(H,25,30)(H,27,28)(H,31,32). The van der Waals surface area contributed by atoms with Crippen molar-refractivity contribution in [1.29, 1.82) is 0 Å². The maximum atomic E-state index is 13.0. The summed E-state index contributed by atoms with van der Waals surface area (Å²) in [5.74, 6) is -5.48. The second kappa shape index (κ2) is 11.9. The van der Waals surface area contributed by atoms with Crippen molar-refractivity contribution in [2.75, 3.05) is 12.3 Å². The number of carbonyl (C=O) groups excluding carboxylic acids is 3. The van der Waals surface area contributed by atoms with E-state index in [0.717, 1.165) is 10.9 Å². The fourth-order valence-corrected chi connectivity index (χ4v) is 3.34. The molecule has 0 saturated heterocycles. The summed E-state index contributed by atoms with van der Waals surface area (Å²) in [6.07, 6.45) is 0.893. The topological polar surface area (TPSA) is 204 Å². The Hall–Kier alpha value is -3.58. The van der Waals surface area contributed by atoms with E-state index in [9.17, 15) is 24.0 Å². The Morgan fingerprint density at radius 1 is 0.970 bits per heavy atom. The fourth-order valence-electron chi connectivity index (χ4n) is 3.10. The van der Waals surface area contributed by atoms with E-state index in [1.807, 2.05) is 18.2 Å². The summed E-state index contributed by atoms with van der Waals surface area (Å²) in [7, 11) is 0. The molecule has 0 aliphatic heterocycles. The molecule has 1 aromatic heterocycles. The van der Waals surface area contributed by atoms with Crippen LogP contribution in [0.3, 0.4) is 0 Å². The lowest BCUT2D eigenvalue weighted by Gasteiger charge is -2.23. The molecule has 0 spiro atoms. The van der Waals surface area contributed by atoms with E-state index in [1.54, 1.807) is 12.3 Å². The van der Waals surface area contributed by atoms with Crippen molar-refractivity contribution in [1.82, 2.24) is 20.9 Å². The fraction of sp³-hybridized carbons (Fsp3) is 0.350. The summed E-state index contributed by atoms with van der Waals surface area (Å²) in [6, 6.07) is 3.15. The van der Waals surface area contributed by atoms with Crippen molar-refractivity contribution in [3.8, 4) is 0 Å². The predicted octanol–water partition coefficient (Wildman–Crippen LogP) is -1.39. The first-order valence-electron chi connectivity index (χ1n) is 9.86. The molecule has 3 unspecified atom stereocenters. The van der Waals surface area contributed by atoms with Crippen LogP contribution in [-0.2, 0) is 30.4 Å². The van der Waals surface area contributed by atoms with Gasteiger partial charge in [-0.3, -0.25) is 19.2 Å². The monoisotopic (exact) mass is 479 g/mol. The molecule has 12 nitrogen and oxygen atoms in total. The van der Waals surface area contributed by atoms with Gasteiger partial charge in [0.05, 0.1) is 13.0 Å². The molecule has 1 aromatic carbocycles. The first-order valence-corrected chi connectivity index (χ1v) is 10.5.